The zero-order valence-corrected chi connectivity index (χ0v) is 12.7. The summed E-state index contributed by atoms with van der Waals surface area (Å²) in [4.78, 5) is 8.80. The van der Waals surface area contributed by atoms with Gasteiger partial charge in [0.1, 0.15) is 11.0 Å². The van der Waals surface area contributed by atoms with Gasteiger partial charge in [-0.15, -0.1) is 5.10 Å². The molecule has 4 rings (SSSR count). The lowest BCUT2D eigenvalue weighted by Crippen LogP contribution is -2.01. The Morgan fingerprint density at radius 2 is 2.24 bits per heavy atom. The Labute approximate surface area is 128 Å². The third-order valence-electron chi connectivity index (χ3n) is 3.28. The number of rotatable bonds is 4. The summed E-state index contributed by atoms with van der Waals surface area (Å²) in [5, 5.41) is 17.9. The van der Waals surface area contributed by atoms with Crippen LogP contribution in [-0.2, 0) is 12.8 Å². The van der Waals surface area contributed by atoms with Gasteiger partial charge in [-0.3, -0.25) is 4.68 Å². The van der Waals surface area contributed by atoms with E-state index in [0.717, 1.165) is 29.0 Å². The van der Waals surface area contributed by atoms with Crippen LogP contribution in [-0.4, -0.2) is 40.0 Å². The van der Waals surface area contributed by atoms with Crippen LogP contribution in [0.4, 0.5) is 0 Å². The zero-order chi connectivity index (χ0) is 14.4. The number of thioether (sulfide) groups is 1. The lowest BCUT2D eigenvalue weighted by atomic mass is 10.4. The Hall–Kier alpha value is -1.74. The van der Waals surface area contributed by atoms with E-state index in [1.54, 1.807) is 10.9 Å². The molecule has 8 nitrogen and oxygen atoms in total. The summed E-state index contributed by atoms with van der Waals surface area (Å²) in [5.41, 5.74) is 0.729. The van der Waals surface area contributed by atoms with E-state index >= 15 is 0 Å². The van der Waals surface area contributed by atoms with Crippen molar-refractivity contribution in [3.8, 4) is 0 Å². The standard InChI is InChI=1S/C11H11ClN8S/c1-19-10-7(4-13-19)9(12)14-8(15-10)5-21-11-16-17-18-20(11)6-2-3-6/h4,6H,2-3,5H2,1H3. The third kappa shape index (κ3) is 2.36. The van der Waals surface area contributed by atoms with E-state index < -0.39 is 0 Å². The molecule has 108 valence electrons. The van der Waals surface area contributed by atoms with Crippen LogP contribution < -0.4 is 0 Å². The fourth-order valence-corrected chi connectivity index (χ4v) is 3.08. The first-order valence-corrected chi connectivity index (χ1v) is 7.83. The molecule has 10 heteroatoms. The molecule has 21 heavy (non-hydrogen) atoms. The predicted molar refractivity (Wildman–Crippen MR) is 77.0 cm³/mol. The number of fused-ring (bicyclic) bond motifs is 1. The van der Waals surface area contributed by atoms with Gasteiger partial charge in [0.15, 0.2) is 5.65 Å². The molecule has 0 radical (unpaired) electrons. The average Bonchev–Trinajstić information content (AvgIpc) is 3.09. The maximum Gasteiger partial charge on any atom is 0.210 e. The predicted octanol–water partition coefficient (Wildman–Crippen LogP) is 1.63. The molecule has 0 saturated heterocycles. The third-order valence-corrected chi connectivity index (χ3v) is 4.50. The van der Waals surface area contributed by atoms with Gasteiger partial charge in [0.25, 0.3) is 0 Å². The normalized spacial score (nSPS) is 15.0. The summed E-state index contributed by atoms with van der Waals surface area (Å²) in [7, 11) is 1.83. The summed E-state index contributed by atoms with van der Waals surface area (Å²) < 4.78 is 3.56. The number of hydrogen-bond donors (Lipinski definition) is 0. The molecular formula is C11H11ClN8S. The molecule has 0 bridgehead atoms. The van der Waals surface area contributed by atoms with E-state index in [4.69, 9.17) is 11.6 Å². The SMILES string of the molecule is Cn1ncc2c(Cl)nc(CSc3nnnn3C3CC3)nc21. The van der Waals surface area contributed by atoms with Crippen molar-refractivity contribution < 1.29 is 0 Å². The molecule has 1 aliphatic rings. The molecule has 3 aromatic heterocycles. The molecule has 1 saturated carbocycles. The molecule has 0 amide bonds. The van der Waals surface area contributed by atoms with Crippen molar-refractivity contribution in [2.45, 2.75) is 29.8 Å². The fraction of sp³-hybridized carbons (Fsp3) is 0.455. The first kappa shape index (κ1) is 13.0. The number of aromatic nitrogens is 8. The van der Waals surface area contributed by atoms with Gasteiger partial charge in [-0.2, -0.15) is 5.10 Å². The van der Waals surface area contributed by atoms with Gasteiger partial charge in [-0.05, 0) is 23.3 Å². The van der Waals surface area contributed by atoms with Crippen molar-refractivity contribution in [3.63, 3.8) is 0 Å². The van der Waals surface area contributed by atoms with Crippen LogP contribution in [0.25, 0.3) is 11.0 Å². The minimum Gasteiger partial charge on any atom is -0.250 e. The minimum atomic E-state index is 0.422. The Morgan fingerprint density at radius 1 is 1.38 bits per heavy atom. The van der Waals surface area contributed by atoms with Gasteiger partial charge in [0.05, 0.1) is 23.4 Å². The number of nitrogens with zero attached hydrogens (tertiary/aromatic N) is 8. The van der Waals surface area contributed by atoms with Gasteiger partial charge in [-0.1, -0.05) is 23.4 Å². The van der Waals surface area contributed by atoms with Gasteiger partial charge in [0.2, 0.25) is 5.16 Å². The summed E-state index contributed by atoms with van der Waals surface area (Å²) in [6, 6.07) is 0.451. The van der Waals surface area contributed by atoms with E-state index in [0.29, 0.717) is 22.8 Å². The highest BCUT2D eigenvalue weighted by molar-refractivity contribution is 7.98. The van der Waals surface area contributed by atoms with Crippen LogP contribution in [0.1, 0.15) is 24.7 Å². The summed E-state index contributed by atoms with van der Waals surface area (Å²) in [6.45, 7) is 0. The van der Waals surface area contributed by atoms with Gasteiger partial charge in [-0.25, -0.2) is 14.6 Å². The Kier molecular flexibility index (Phi) is 3.03. The van der Waals surface area contributed by atoms with Crippen LogP contribution in [0, 0.1) is 0 Å². The molecular weight excluding hydrogens is 312 g/mol. The lowest BCUT2D eigenvalue weighted by Gasteiger charge is -2.03. The molecule has 1 fully saturated rings. The average molecular weight is 323 g/mol. The molecule has 0 N–H and O–H groups in total. The Morgan fingerprint density at radius 3 is 3.05 bits per heavy atom. The van der Waals surface area contributed by atoms with Crippen LogP contribution in [0.2, 0.25) is 5.15 Å². The van der Waals surface area contributed by atoms with Crippen LogP contribution in [0.3, 0.4) is 0 Å². The quantitative estimate of drug-likeness (QED) is 0.533. The van der Waals surface area contributed by atoms with E-state index in [1.165, 1.54) is 11.8 Å². The van der Waals surface area contributed by atoms with Gasteiger partial charge >= 0.3 is 0 Å². The summed E-state index contributed by atoms with van der Waals surface area (Å²) in [5.74, 6) is 1.21. The Balaban J connectivity index is 1.59. The maximum absolute atomic E-state index is 6.17. The van der Waals surface area contributed by atoms with E-state index in [2.05, 4.69) is 30.6 Å². The second kappa shape index (κ2) is 4.92. The van der Waals surface area contributed by atoms with Crippen molar-refractivity contribution in [1.29, 1.82) is 0 Å². The molecule has 1 aliphatic carbocycles. The van der Waals surface area contributed by atoms with Crippen molar-refractivity contribution in [2.75, 3.05) is 0 Å². The van der Waals surface area contributed by atoms with Crippen molar-refractivity contribution in [1.82, 2.24) is 40.0 Å². The molecule has 0 aliphatic heterocycles. The second-order valence-electron chi connectivity index (χ2n) is 4.86. The van der Waals surface area contributed by atoms with Crippen LogP contribution in [0.15, 0.2) is 11.4 Å². The zero-order valence-electron chi connectivity index (χ0n) is 11.1. The lowest BCUT2D eigenvalue weighted by molar-refractivity contribution is 0.565. The fourth-order valence-electron chi connectivity index (χ4n) is 2.05. The highest BCUT2D eigenvalue weighted by Gasteiger charge is 2.28. The van der Waals surface area contributed by atoms with Crippen molar-refractivity contribution in [2.24, 2.45) is 7.05 Å². The summed E-state index contributed by atoms with van der Waals surface area (Å²) >= 11 is 7.68. The molecule has 0 unspecified atom stereocenters. The van der Waals surface area contributed by atoms with Gasteiger partial charge < -0.3 is 0 Å². The molecule has 3 heterocycles. The number of halogens is 1. The van der Waals surface area contributed by atoms with E-state index in [-0.39, 0.29) is 0 Å². The minimum absolute atomic E-state index is 0.422. The second-order valence-corrected chi connectivity index (χ2v) is 6.16. The molecule has 0 atom stereocenters. The van der Waals surface area contributed by atoms with Crippen LogP contribution >= 0.6 is 23.4 Å². The largest absolute Gasteiger partial charge is 0.250 e. The van der Waals surface area contributed by atoms with E-state index in [1.807, 2.05) is 11.7 Å². The first-order chi connectivity index (χ1) is 10.2. The monoisotopic (exact) mass is 322 g/mol. The Bertz CT molecular complexity index is 808. The highest BCUT2D eigenvalue weighted by atomic mass is 35.5. The maximum atomic E-state index is 6.17. The van der Waals surface area contributed by atoms with Crippen molar-refractivity contribution in [3.05, 3.63) is 17.2 Å². The van der Waals surface area contributed by atoms with Crippen LogP contribution in [0.5, 0.6) is 0 Å². The number of aryl methyl sites for hydroxylation is 1. The number of hydrogen-bond acceptors (Lipinski definition) is 7. The van der Waals surface area contributed by atoms with Crippen molar-refractivity contribution >= 4 is 34.4 Å². The smallest absolute Gasteiger partial charge is 0.210 e. The molecule has 3 aromatic rings. The highest BCUT2D eigenvalue weighted by Crippen LogP contribution is 2.36. The first-order valence-electron chi connectivity index (χ1n) is 6.47. The van der Waals surface area contributed by atoms with Gasteiger partial charge in [0, 0.05) is 7.05 Å². The van der Waals surface area contributed by atoms with E-state index in [9.17, 15) is 0 Å². The number of tetrazole rings is 1. The molecule has 0 spiro atoms. The topological polar surface area (TPSA) is 87.2 Å². The molecule has 0 aromatic carbocycles. The summed E-state index contributed by atoms with van der Waals surface area (Å²) in [6.07, 6.45) is 3.95.